The van der Waals surface area contributed by atoms with Crippen LogP contribution in [-0.2, 0) is 32.6 Å². The summed E-state index contributed by atoms with van der Waals surface area (Å²) in [6.45, 7) is 5.56. The third-order valence-corrected chi connectivity index (χ3v) is 7.74. The topological polar surface area (TPSA) is 86.8 Å². The highest BCUT2D eigenvalue weighted by atomic mass is 32.2. The van der Waals surface area contributed by atoms with Gasteiger partial charge in [-0.25, -0.2) is 8.42 Å². The fourth-order valence-corrected chi connectivity index (χ4v) is 5.44. The monoisotopic (exact) mass is 507 g/mol. The molecule has 0 spiro atoms. The molecule has 7 nitrogen and oxygen atoms in total. The van der Waals surface area contributed by atoms with Crippen LogP contribution >= 0.6 is 0 Å². The Morgan fingerprint density at radius 2 is 1.44 bits per heavy atom. The van der Waals surface area contributed by atoms with Crippen LogP contribution in [0.1, 0.15) is 31.9 Å². The number of anilines is 1. The zero-order valence-corrected chi connectivity index (χ0v) is 21.7. The molecule has 2 amide bonds. The van der Waals surface area contributed by atoms with Gasteiger partial charge in [-0.15, -0.1) is 0 Å². The highest BCUT2D eigenvalue weighted by Crippen LogP contribution is 2.28. The number of likely N-dealkylation sites (N-methyl/N-ethyl adjacent to an activating group) is 1. The molecule has 0 saturated heterocycles. The Morgan fingerprint density at radius 3 is 2.06 bits per heavy atom. The molecular formula is C28H33N3O4S. The number of hydrogen-bond acceptors (Lipinski definition) is 4. The molecule has 0 aliphatic carbocycles. The molecule has 1 N–H and O–H groups in total. The lowest BCUT2D eigenvalue weighted by molar-refractivity contribution is -0.139. The van der Waals surface area contributed by atoms with Crippen molar-refractivity contribution in [3.8, 4) is 0 Å². The predicted molar refractivity (Wildman–Crippen MR) is 142 cm³/mol. The van der Waals surface area contributed by atoms with Crippen molar-refractivity contribution in [1.82, 2.24) is 10.2 Å². The number of para-hydroxylation sites is 1. The van der Waals surface area contributed by atoms with Crippen molar-refractivity contribution < 1.29 is 18.0 Å². The maximum Gasteiger partial charge on any atom is 0.264 e. The summed E-state index contributed by atoms with van der Waals surface area (Å²) >= 11 is 0. The normalized spacial score (nSPS) is 12.0. The fraction of sp³-hybridized carbons (Fsp3) is 0.286. The van der Waals surface area contributed by atoms with Crippen LogP contribution in [0.4, 0.5) is 5.69 Å². The number of benzene rings is 3. The fourth-order valence-electron chi connectivity index (χ4n) is 3.97. The van der Waals surface area contributed by atoms with Crippen LogP contribution in [0, 0.1) is 0 Å². The quantitative estimate of drug-likeness (QED) is 0.425. The number of rotatable bonds is 11. The number of carbonyl (C=O) groups excluding carboxylic acids is 2. The number of sulfonamides is 1. The molecule has 0 unspecified atom stereocenters. The molecule has 0 heterocycles. The van der Waals surface area contributed by atoms with Gasteiger partial charge >= 0.3 is 0 Å². The average Bonchev–Trinajstić information content (AvgIpc) is 2.91. The zero-order valence-electron chi connectivity index (χ0n) is 20.9. The van der Waals surface area contributed by atoms with Gasteiger partial charge in [0.1, 0.15) is 12.6 Å². The minimum atomic E-state index is -4.06. The zero-order chi connectivity index (χ0) is 26.1. The van der Waals surface area contributed by atoms with Gasteiger partial charge in [0.25, 0.3) is 10.0 Å². The minimum Gasteiger partial charge on any atom is -0.355 e. The lowest BCUT2D eigenvalue weighted by Gasteiger charge is -2.32. The molecule has 0 saturated carbocycles. The SMILES string of the molecule is CCNC(=O)[C@H](C)N(Cc1ccccc1)C(=O)CN(c1ccccc1CC)S(=O)(=O)c1ccccc1. The Balaban J connectivity index is 2.05. The van der Waals surface area contributed by atoms with E-state index in [0.717, 1.165) is 15.4 Å². The second-order valence-electron chi connectivity index (χ2n) is 8.38. The summed E-state index contributed by atoms with van der Waals surface area (Å²) in [5.41, 5.74) is 2.09. The second kappa shape index (κ2) is 12.4. The van der Waals surface area contributed by atoms with E-state index in [-0.39, 0.29) is 17.3 Å². The van der Waals surface area contributed by atoms with Gasteiger partial charge in [-0.1, -0.05) is 73.7 Å². The molecule has 190 valence electrons. The van der Waals surface area contributed by atoms with E-state index in [1.807, 2.05) is 56.3 Å². The number of hydrogen-bond donors (Lipinski definition) is 1. The van der Waals surface area contributed by atoms with E-state index in [9.17, 15) is 18.0 Å². The lowest BCUT2D eigenvalue weighted by atomic mass is 10.1. The Labute approximate surface area is 213 Å². The third-order valence-electron chi connectivity index (χ3n) is 5.97. The van der Waals surface area contributed by atoms with Gasteiger partial charge in [0, 0.05) is 13.1 Å². The first-order valence-electron chi connectivity index (χ1n) is 12.1. The first-order chi connectivity index (χ1) is 17.3. The van der Waals surface area contributed by atoms with E-state index in [2.05, 4.69) is 5.32 Å². The summed E-state index contributed by atoms with van der Waals surface area (Å²) in [4.78, 5) is 28.0. The van der Waals surface area contributed by atoms with Crippen LogP contribution in [0.3, 0.4) is 0 Å². The maximum absolute atomic E-state index is 13.8. The average molecular weight is 508 g/mol. The molecule has 3 aromatic rings. The van der Waals surface area contributed by atoms with Gasteiger partial charge in [0.2, 0.25) is 11.8 Å². The van der Waals surface area contributed by atoms with Crippen LogP contribution in [0.25, 0.3) is 0 Å². The number of carbonyl (C=O) groups is 2. The number of amides is 2. The third kappa shape index (κ3) is 6.31. The van der Waals surface area contributed by atoms with Crippen LogP contribution in [0.15, 0.2) is 89.8 Å². The number of nitrogens with one attached hydrogen (secondary N) is 1. The summed E-state index contributed by atoms with van der Waals surface area (Å²) in [5, 5.41) is 2.76. The second-order valence-corrected chi connectivity index (χ2v) is 10.2. The molecule has 0 fully saturated rings. The van der Waals surface area contributed by atoms with Crippen molar-refractivity contribution in [2.45, 2.75) is 44.7 Å². The molecule has 8 heteroatoms. The Bertz CT molecular complexity index is 1260. The van der Waals surface area contributed by atoms with Crippen molar-refractivity contribution in [2.75, 3.05) is 17.4 Å². The van der Waals surface area contributed by atoms with Crippen molar-refractivity contribution in [1.29, 1.82) is 0 Å². The molecule has 0 aliphatic rings. The number of aryl methyl sites for hydroxylation is 1. The summed E-state index contributed by atoms with van der Waals surface area (Å²) in [6.07, 6.45) is 0.591. The highest BCUT2D eigenvalue weighted by Gasteiger charge is 2.33. The summed E-state index contributed by atoms with van der Waals surface area (Å²) < 4.78 is 28.8. The van der Waals surface area contributed by atoms with Crippen molar-refractivity contribution in [3.05, 3.63) is 96.1 Å². The van der Waals surface area contributed by atoms with E-state index in [0.29, 0.717) is 18.7 Å². The van der Waals surface area contributed by atoms with Gasteiger partial charge in [-0.2, -0.15) is 0 Å². The molecular weight excluding hydrogens is 474 g/mol. The first-order valence-corrected chi connectivity index (χ1v) is 13.5. The molecule has 3 rings (SSSR count). The first kappa shape index (κ1) is 26.9. The predicted octanol–water partition coefficient (Wildman–Crippen LogP) is 4.00. The Hall–Kier alpha value is -3.65. The lowest BCUT2D eigenvalue weighted by Crippen LogP contribution is -2.51. The Kier molecular flexibility index (Phi) is 9.25. The van der Waals surface area contributed by atoms with E-state index in [1.165, 1.54) is 17.0 Å². The van der Waals surface area contributed by atoms with Crippen molar-refractivity contribution in [3.63, 3.8) is 0 Å². The van der Waals surface area contributed by atoms with Gasteiger partial charge in [-0.3, -0.25) is 13.9 Å². The van der Waals surface area contributed by atoms with Crippen molar-refractivity contribution in [2.24, 2.45) is 0 Å². The van der Waals surface area contributed by atoms with E-state index < -0.39 is 28.5 Å². The summed E-state index contributed by atoms with van der Waals surface area (Å²) in [6, 6.07) is 23.8. The number of nitrogens with zero attached hydrogens (tertiary/aromatic N) is 2. The Morgan fingerprint density at radius 1 is 0.861 bits per heavy atom. The molecule has 3 aromatic carbocycles. The van der Waals surface area contributed by atoms with E-state index >= 15 is 0 Å². The van der Waals surface area contributed by atoms with Crippen LogP contribution in [0.5, 0.6) is 0 Å². The van der Waals surface area contributed by atoms with Crippen molar-refractivity contribution >= 4 is 27.5 Å². The van der Waals surface area contributed by atoms with Gasteiger partial charge in [0.15, 0.2) is 0 Å². The van der Waals surface area contributed by atoms with Crippen LogP contribution < -0.4 is 9.62 Å². The van der Waals surface area contributed by atoms with E-state index in [4.69, 9.17) is 0 Å². The summed E-state index contributed by atoms with van der Waals surface area (Å²) in [7, 11) is -4.06. The van der Waals surface area contributed by atoms with Crippen LogP contribution in [-0.4, -0.2) is 44.3 Å². The summed E-state index contributed by atoms with van der Waals surface area (Å²) in [5.74, 6) is -0.767. The van der Waals surface area contributed by atoms with E-state index in [1.54, 1.807) is 37.3 Å². The highest BCUT2D eigenvalue weighted by molar-refractivity contribution is 7.92. The molecule has 0 aliphatic heterocycles. The minimum absolute atomic E-state index is 0.0927. The standard InChI is InChI=1S/C28H33N3O4S/c1-4-24-16-12-13-19-26(24)31(36(34,35)25-17-10-7-11-18-25)21-27(32)30(22(3)28(33)29-5-2)20-23-14-8-6-9-15-23/h6-19,22H,4-5,20-21H2,1-3H3,(H,29,33)/t22-/m0/s1. The molecule has 36 heavy (non-hydrogen) atoms. The smallest absolute Gasteiger partial charge is 0.264 e. The molecule has 0 radical (unpaired) electrons. The van der Waals surface area contributed by atoms with Crippen LogP contribution in [0.2, 0.25) is 0 Å². The molecule has 0 bridgehead atoms. The molecule has 1 atom stereocenters. The molecule has 0 aromatic heterocycles. The largest absolute Gasteiger partial charge is 0.355 e. The van der Waals surface area contributed by atoms with Gasteiger partial charge < -0.3 is 10.2 Å². The van der Waals surface area contributed by atoms with Gasteiger partial charge in [-0.05, 0) is 49.6 Å². The maximum atomic E-state index is 13.8. The van der Waals surface area contributed by atoms with Gasteiger partial charge in [0.05, 0.1) is 10.6 Å².